The minimum atomic E-state index is -4.12. The van der Waals surface area contributed by atoms with Crippen molar-refractivity contribution in [3.8, 4) is 0 Å². The van der Waals surface area contributed by atoms with Crippen LogP contribution >= 0.6 is 27.5 Å². The number of aryl methyl sites for hydroxylation is 1. The van der Waals surface area contributed by atoms with Gasteiger partial charge in [0.15, 0.2) is 0 Å². The summed E-state index contributed by atoms with van der Waals surface area (Å²) in [6, 6.07) is 19.4. The average Bonchev–Trinajstić information content (AvgIpc) is 2.92. The molecule has 7 nitrogen and oxygen atoms in total. The number of anilines is 1. The van der Waals surface area contributed by atoms with Gasteiger partial charge in [0.2, 0.25) is 11.8 Å². The lowest BCUT2D eigenvalue weighted by atomic mass is 10.1. The van der Waals surface area contributed by atoms with Gasteiger partial charge in [-0.15, -0.1) is 0 Å². The lowest BCUT2D eigenvalue weighted by Gasteiger charge is -2.33. The lowest BCUT2D eigenvalue weighted by Crippen LogP contribution is -2.52. The molecule has 0 fully saturated rings. The molecule has 208 valence electrons. The van der Waals surface area contributed by atoms with Crippen LogP contribution in [-0.2, 0) is 26.2 Å². The number of carbonyl (C=O) groups is 2. The molecule has 0 unspecified atom stereocenters. The molecule has 0 heterocycles. The van der Waals surface area contributed by atoms with Gasteiger partial charge in [0, 0.05) is 22.6 Å². The number of sulfonamides is 1. The Labute approximate surface area is 244 Å². The maximum atomic E-state index is 14.0. The minimum absolute atomic E-state index is 0.0509. The first-order valence-corrected chi connectivity index (χ1v) is 15.3. The Morgan fingerprint density at radius 2 is 1.62 bits per heavy atom. The molecule has 2 amide bonds. The van der Waals surface area contributed by atoms with Crippen LogP contribution in [0, 0.1) is 6.92 Å². The van der Waals surface area contributed by atoms with Gasteiger partial charge in [-0.3, -0.25) is 13.9 Å². The van der Waals surface area contributed by atoms with Crippen LogP contribution in [0.25, 0.3) is 0 Å². The van der Waals surface area contributed by atoms with E-state index in [4.69, 9.17) is 11.6 Å². The number of hydrogen-bond donors (Lipinski definition) is 1. The molecule has 3 aromatic carbocycles. The monoisotopic (exact) mass is 633 g/mol. The van der Waals surface area contributed by atoms with Crippen molar-refractivity contribution in [1.29, 1.82) is 0 Å². The highest BCUT2D eigenvalue weighted by atomic mass is 79.9. The maximum absolute atomic E-state index is 14.0. The summed E-state index contributed by atoms with van der Waals surface area (Å²) in [5.41, 5.74) is 1.90. The lowest BCUT2D eigenvalue weighted by molar-refractivity contribution is -0.140. The summed E-state index contributed by atoms with van der Waals surface area (Å²) in [5, 5.41) is 3.32. The molecule has 10 heteroatoms. The third-order valence-corrected chi connectivity index (χ3v) is 8.92. The van der Waals surface area contributed by atoms with Crippen molar-refractivity contribution in [3.63, 3.8) is 0 Å². The molecule has 0 saturated carbocycles. The fourth-order valence-electron chi connectivity index (χ4n) is 4.07. The van der Waals surface area contributed by atoms with Gasteiger partial charge in [-0.05, 0) is 67.8 Å². The van der Waals surface area contributed by atoms with Crippen molar-refractivity contribution in [2.75, 3.05) is 17.4 Å². The molecule has 1 atom stereocenters. The van der Waals surface area contributed by atoms with Crippen molar-refractivity contribution < 1.29 is 18.0 Å². The molecular weight excluding hydrogens is 602 g/mol. The van der Waals surface area contributed by atoms with E-state index in [9.17, 15) is 18.0 Å². The second-order valence-electron chi connectivity index (χ2n) is 9.13. The van der Waals surface area contributed by atoms with Gasteiger partial charge in [0.25, 0.3) is 10.0 Å². The maximum Gasteiger partial charge on any atom is 0.264 e. The molecule has 0 spiro atoms. The van der Waals surface area contributed by atoms with E-state index in [-0.39, 0.29) is 17.3 Å². The molecular formula is C29H33BrClN3O4S. The Morgan fingerprint density at radius 1 is 0.974 bits per heavy atom. The zero-order valence-corrected chi connectivity index (χ0v) is 25.4. The minimum Gasteiger partial charge on any atom is -0.354 e. The quantitative estimate of drug-likeness (QED) is 0.267. The Kier molecular flexibility index (Phi) is 11.0. The van der Waals surface area contributed by atoms with E-state index in [1.807, 2.05) is 20.8 Å². The van der Waals surface area contributed by atoms with Crippen LogP contribution < -0.4 is 9.62 Å². The van der Waals surface area contributed by atoms with Gasteiger partial charge in [0.05, 0.1) is 10.6 Å². The topological polar surface area (TPSA) is 86.8 Å². The fourth-order valence-corrected chi connectivity index (χ4v) is 5.94. The second kappa shape index (κ2) is 14.0. The van der Waals surface area contributed by atoms with E-state index < -0.39 is 28.5 Å². The van der Waals surface area contributed by atoms with E-state index in [0.717, 1.165) is 20.8 Å². The number of carbonyl (C=O) groups excluding carboxylic acids is 2. The Bertz CT molecular complexity index is 1380. The van der Waals surface area contributed by atoms with Gasteiger partial charge in [0.1, 0.15) is 12.6 Å². The first kappa shape index (κ1) is 30.7. The third kappa shape index (κ3) is 7.84. The molecule has 0 aliphatic carbocycles. The van der Waals surface area contributed by atoms with Crippen molar-refractivity contribution in [2.24, 2.45) is 0 Å². The van der Waals surface area contributed by atoms with Crippen LogP contribution in [0.1, 0.15) is 37.8 Å². The van der Waals surface area contributed by atoms with Gasteiger partial charge in [-0.2, -0.15) is 0 Å². The number of halogens is 2. The van der Waals surface area contributed by atoms with E-state index in [1.165, 1.54) is 17.0 Å². The highest BCUT2D eigenvalue weighted by molar-refractivity contribution is 9.10. The Hall–Kier alpha value is -2.88. The zero-order chi connectivity index (χ0) is 28.6. The summed E-state index contributed by atoms with van der Waals surface area (Å²) in [7, 11) is -4.12. The Morgan fingerprint density at radius 3 is 2.21 bits per heavy atom. The molecule has 0 radical (unpaired) electrons. The molecule has 0 aromatic heterocycles. The molecule has 3 rings (SSSR count). The predicted octanol–water partition coefficient (Wildman–Crippen LogP) is 5.94. The molecule has 0 aliphatic rings. The van der Waals surface area contributed by atoms with Gasteiger partial charge in [-0.1, -0.05) is 77.3 Å². The first-order chi connectivity index (χ1) is 18.6. The van der Waals surface area contributed by atoms with Crippen molar-refractivity contribution in [3.05, 3.63) is 93.4 Å². The number of amides is 2. The highest BCUT2D eigenvalue weighted by Crippen LogP contribution is 2.27. The van der Waals surface area contributed by atoms with Gasteiger partial charge < -0.3 is 10.2 Å². The highest BCUT2D eigenvalue weighted by Gasteiger charge is 2.33. The van der Waals surface area contributed by atoms with Crippen LogP contribution in [0.2, 0.25) is 5.02 Å². The number of benzene rings is 3. The van der Waals surface area contributed by atoms with E-state index in [1.54, 1.807) is 60.7 Å². The molecule has 39 heavy (non-hydrogen) atoms. The summed E-state index contributed by atoms with van der Waals surface area (Å²) < 4.78 is 29.6. The summed E-state index contributed by atoms with van der Waals surface area (Å²) >= 11 is 9.80. The zero-order valence-electron chi connectivity index (χ0n) is 22.2. The SMILES string of the molecule is CCCNC(=O)[C@@H](CC)N(Cc1ccccc1Cl)C(=O)CN(c1ccc(Br)cc1)S(=O)(=O)c1ccc(C)cc1. The Balaban J connectivity index is 2.05. The van der Waals surface area contributed by atoms with Gasteiger partial charge >= 0.3 is 0 Å². The number of nitrogens with zero attached hydrogens (tertiary/aromatic N) is 2. The standard InChI is InChI=1S/C29H33BrClN3O4S/c1-4-18-32-29(36)27(5-2)33(19-22-8-6-7-9-26(22)31)28(35)20-34(24-14-12-23(30)13-15-24)39(37,38)25-16-10-21(3)11-17-25/h6-17,27H,4-5,18-20H2,1-3H3,(H,32,36)/t27-/m1/s1. The van der Waals surface area contributed by atoms with Crippen molar-refractivity contribution >= 4 is 55.1 Å². The molecule has 3 aromatic rings. The number of nitrogens with one attached hydrogen (secondary N) is 1. The molecule has 0 saturated heterocycles. The second-order valence-corrected chi connectivity index (χ2v) is 12.3. The predicted molar refractivity (Wildman–Crippen MR) is 159 cm³/mol. The van der Waals surface area contributed by atoms with Crippen LogP contribution in [0.15, 0.2) is 82.2 Å². The smallest absolute Gasteiger partial charge is 0.264 e. The number of rotatable bonds is 12. The average molecular weight is 635 g/mol. The van der Waals surface area contributed by atoms with Crippen LogP contribution in [-0.4, -0.2) is 44.3 Å². The van der Waals surface area contributed by atoms with E-state index in [2.05, 4.69) is 21.2 Å². The molecule has 1 N–H and O–H groups in total. The van der Waals surface area contributed by atoms with Crippen LogP contribution in [0.4, 0.5) is 5.69 Å². The largest absolute Gasteiger partial charge is 0.354 e. The third-order valence-electron chi connectivity index (χ3n) is 6.24. The normalized spacial score (nSPS) is 12.0. The number of hydrogen-bond acceptors (Lipinski definition) is 4. The van der Waals surface area contributed by atoms with Crippen molar-refractivity contribution in [2.45, 2.75) is 51.1 Å². The molecule has 0 aliphatic heterocycles. The van der Waals surface area contributed by atoms with E-state index >= 15 is 0 Å². The van der Waals surface area contributed by atoms with Crippen LogP contribution in [0.5, 0.6) is 0 Å². The summed E-state index contributed by atoms with van der Waals surface area (Å²) in [6.45, 7) is 5.65. The van der Waals surface area contributed by atoms with Gasteiger partial charge in [-0.25, -0.2) is 8.42 Å². The fraction of sp³-hybridized carbons (Fsp3) is 0.310. The summed E-state index contributed by atoms with van der Waals surface area (Å²) in [4.78, 5) is 28.6. The summed E-state index contributed by atoms with van der Waals surface area (Å²) in [6.07, 6.45) is 1.08. The first-order valence-electron chi connectivity index (χ1n) is 12.7. The summed E-state index contributed by atoms with van der Waals surface area (Å²) in [5.74, 6) is -0.816. The van der Waals surface area contributed by atoms with Crippen LogP contribution in [0.3, 0.4) is 0 Å². The molecule has 0 bridgehead atoms. The van der Waals surface area contributed by atoms with E-state index in [0.29, 0.717) is 29.2 Å². The van der Waals surface area contributed by atoms with Crippen molar-refractivity contribution in [1.82, 2.24) is 10.2 Å².